The van der Waals surface area contributed by atoms with E-state index in [1.54, 1.807) is 34.9 Å². The van der Waals surface area contributed by atoms with Gasteiger partial charge in [0.05, 0.1) is 17.2 Å². The van der Waals surface area contributed by atoms with Crippen LogP contribution < -0.4 is 15.0 Å². The molecule has 0 spiro atoms. The number of fused-ring (bicyclic) bond motifs is 1. The molecule has 4 amide bonds. The number of para-hydroxylation sites is 1. The number of urea groups is 1. The van der Waals surface area contributed by atoms with Crippen molar-refractivity contribution in [3.8, 4) is 5.75 Å². The number of nitrogens with one attached hydrogen (secondary N) is 1. The van der Waals surface area contributed by atoms with E-state index in [0.717, 1.165) is 43.6 Å². The van der Waals surface area contributed by atoms with Crippen molar-refractivity contribution in [3.63, 3.8) is 0 Å². The number of halogens is 1. The van der Waals surface area contributed by atoms with Crippen LogP contribution in [-0.4, -0.2) is 66.0 Å². The van der Waals surface area contributed by atoms with Crippen molar-refractivity contribution >= 4 is 35.1 Å². The van der Waals surface area contributed by atoms with Crippen LogP contribution in [0.15, 0.2) is 42.5 Å². The molecule has 2 heterocycles. The lowest BCUT2D eigenvalue weighted by Gasteiger charge is -2.32. The topological polar surface area (TPSA) is 82.2 Å². The Balaban J connectivity index is 1.54. The Bertz CT molecular complexity index is 1150. The Morgan fingerprint density at radius 1 is 1.11 bits per heavy atom. The molecule has 1 N–H and O–H groups in total. The van der Waals surface area contributed by atoms with Gasteiger partial charge in [-0.25, -0.2) is 4.79 Å². The third-order valence-corrected chi connectivity index (χ3v) is 7.28. The molecule has 2 aromatic rings. The number of hydrogen-bond acceptors (Lipinski definition) is 4. The third kappa shape index (κ3) is 6.01. The molecule has 4 rings (SSSR count). The number of piperidine rings is 1. The van der Waals surface area contributed by atoms with Crippen LogP contribution in [0.3, 0.4) is 0 Å². The molecular weight excluding hydrogens is 492 g/mol. The molecule has 1 saturated heterocycles. The van der Waals surface area contributed by atoms with E-state index < -0.39 is 6.04 Å². The quantitative estimate of drug-likeness (QED) is 0.612. The molecule has 37 heavy (non-hydrogen) atoms. The Morgan fingerprint density at radius 2 is 1.84 bits per heavy atom. The molecule has 2 aromatic carbocycles. The molecule has 2 atom stereocenters. The molecule has 0 aromatic heterocycles. The van der Waals surface area contributed by atoms with Crippen molar-refractivity contribution in [1.82, 2.24) is 15.1 Å². The summed E-state index contributed by atoms with van der Waals surface area (Å²) >= 11 is 6.48. The minimum atomic E-state index is -0.628. The van der Waals surface area contributed by atoms with Gasteiger partial charge in [-0.05, 0) is 69.9 Å². The van der Waals surface area contributed by atoms with E-state index >= 15 is 0 Å². The van der Waals surface area contributed by atoms with Gasteiger partial charge >= 0.3 is 6.03 Å². The van der Waals surface area contributed by atoms with Crippen molar-refractivity contribution in [3.05, 3.63) is 58.6 Å². The third-order valence-electron chi connectivity index (χ3n) is 6.97. The van der Waals surface area contributed by atoms with E-state index in [2.05, 4.69) is 5.32 Å². The van der Waals surface area contributed by atoms with Gasteiger partial charge in [0.1, 0.15) is 11.8 Å². The van der Waals surface area contributed by atoms with E-state index in [1.807, 2.05) is 43.0 Å². The van der Waals surface area contributed by atoms with Crippen molar-refractivity contribution in [2.45, 2.75) is 58.7 Å². The molecule has 198 valence electrons. The molecule has 2 aliphatic heterocycles. The highest BCUT2D eigenvalue weighted by atomic mass is 35.5. The maximum atomic E-state index is 13.7. The van der Waals surface area contributed by atoms with E-state index in [0.29, 0.717) is 29.5 Å². The van der Waals surface area contributed by atoms with Gasteiger partial charge < -0.3 is 24.8 Å². The fourth-order valence-corrected chi connectivity index (χ4v) is 5.21. The maximum Gasteiger partial charge on any atom is 0.318 e. The largest absolute Gasteiger partial charge is 0.494 e. The van der Waals surface area contributed by atoms with E-state index in [1.165, 1.54) is 0 Å². The van der Waals surface area contributed by atoms with Gasteiger partial charge in [0.2, 0.25) is 5.91 Å². The molecular formula is C28H35ClN4O4. The SMILES string of the molecule is CCOc1ccc(C(=O)N2C[C@@H](C)N(C(=O)N[C@@H](C)C(=O)N3CCCCC3)Cc3ccccc32)c(Cl)c1. The number of rotatable bonds is 5. The zero-order valence-electron chi connectivity index (χ0n) is 21.7. The highest BCUT2D eigenvalue weighted by Gasteiger charge is 2.33. The summed E-state index contributed by atoms with van der Waals surface area (Å²) in [6, 6.07) is 11.3. The van der Waals surface area contributed by atoms with Crippen molar-refractivity contribution in [2.24, 2.45) is 0 Å². The van der Waals surface area contributed by atoms with Crippen LogP contribution in [0.4, 0.5) is 10.5 Å². The second-order valence-electron chi connectivity index (χ2n) is 9.65. The molecule has 9 heteroatoms. The summed E-state index contributed by atoms with van der Waals surface area (Å²) in [6.45, 7) is 8.08. The minimum absolute atomic E-state index is 0.0575. The molecule has 1 fully saturated rings. The number of carbonyl (C=O) groups is 3. The van der Waals surface area contributed by atoms with Crippen molar-refractivity contribution in [1.29, 1.82) is 0 Å². The molecule has 0 aliphatic carbocycles. The molecule has 0 bridgehead atoms. The van der Waals surface area contributed by atoms with Gasteiger partial charge in [-0.3, -0.25) is 9.59 Å². The summed E-state index contributed by atoms with van der Waals surface area (Å²) in [7, 11) is 0. The Labute approximate surface area is 223 Å². The molecule has 8 nitrogen and oxygen atoms in total. The number of amides is 4. The molecule has 0 saturated carbocycles. The lowest BCUT2D eigenvalue weighted by molar-refractivity contribution is -0.133. The van der Waals surface area contributed by atoms with Crippen LogP contribution in [0.25, 0.3) is 0 Å². The summed E-state index contributed by atoms with van der Waals surface area (Å²) in [5.74, 6) is 0.297. The number of benzene rings is 2. The summed E-state index contributed by atoms with van der Waals surface area (Å²) in [4.78, 5) is 45.1. The number of nitrogens with zero attached hydrogens (tertiary/aromatic N) is 3. The van der Waals surface area contributed by atoms with Crippen LogP contribution in [0.5, 0.6) is 5.75 Å². The van der Waals surface area contributed by atoms with Gasteiger partial charge in [-0.15, -0.1) is 0 Å². The minimum Gasteiger partial charge on any atom is -0.494 e. The van der Waals surface area contributed by atoms with E-state index in [9.17, 15) is 14.4 Å². The van der Waals surface area contributed by atoms with E-state index in [-0.39, 0.29) is 30.4 Å². The Hall–Kier alpha value is -3.26. The lowest BCUT2D eigenvalue weighted by Crippen LogP contribution is -2.54. The van der Waals surface area contributed by atoms with Crippen LogP contribution in [0.1, 0.15) is 56.0 Å². The summed E-state index contributed by atoms with van der Waals surface area (Å²) in [6.07, 6.45) is 3.12. The highest BCUT2D eigenvalue weighted by molar-refractivity contribution is 6.34. The van der Waals surface area contributed by atoms with E-state index in [4.69, 9.17) is 16.3 Å². The fourth-order valence-electron chi connectivity index (χ4n) is 4.96. The first kappa shape index (κ1) is 26.8. The fraction of sp³-hybridized carbons (Fsp3) is 0.464. The van der Waals surface area contributed by atoms with Crippen LogP contribution in [0, 0.1) is 0 Å². The second kappa shape index (κ2) is 11.9. The first-order valence-electron chi connectivity index (χ1n) is 13.0. The summed E-state index contributed by atoms with van der Waals surface area (Å²) in [5.41, 5.74) is 1.94. The highest BCUT2D eigenvalue weighted by Crippen LogP contribution is 2.31. The Kier molecular flexibility index (Phi) is 8.59. The normalized spacial score (nSPS) is 18.5. The van der Waals surface area contributed by atoms with Crippen LogP contribution in [-0.2, 0) is 11.3 Å². The summed E-state index contributed by atoms with van der Waals surface area (Å²) in [5, 5.41) is 3.21. The number of carbonyl (C=O) groups excluding carboxylic acids is 3. The molecule has 0 unspecified atom stereocenters. The predicted molar refractivity (Wildman–Crippen MR) is 144 cm³/mol. The van der Waals surface area contributed by atoms with Crippen LogP contribution >= 0.6 is 11.6 Å². The van der Waals surface area contributed by atoms with Gasteiger partial charge in [-0.2, -0.15) is 0 Å². The number of likely N-dealkylation sites (tertiary alicyclic amines) is 1. The lowest BCUT2D eigenvalue weighted by atomic mass is 10.1. The zero-order chi connectivity index (χ0) is 26.5. The van der Waals surface area contributed by atoms with Gasteiger partial charge in [0.25, 0.3) is 5.91 Å². The van der Waals surface area contributed by atoms with Crippen molar-refractivity contribution < 1.29 is 19.1 Å². The summed E-state index contributed by atoms with van der Waals surface area (Å²) < 4.78 is 5.50. The number of ether oxygens (including phenoxy) is 1. The van der Waals surface area contributed by atoms with Gasteiger partial charge in [0, 0.05) is 37.9 Å². The maximum absolute atomic E-state index is 13.7. The number of hydrogen-bond donors (Lipinski definition) is 1. The van der Waals surface area contributed by atoms with Crippen LogP contribution in [0.2, 0.25) is 5.02 Å². The average Bonchev–Trinajstić information content (AvgIpc) is 3.05. The van der Waals surface area contributed by atoms with Crippen molar-refractivity contribution in [2.75, 3.05) is 31.1 Å². The van der Waals surface area contributed by atoms with Gasteiger partial charge in [-0.1, -0.05) is 29.8 Å². The molecule has 0 radical (unpaired) electrons. The number of anilines is 1. The second-order valence-corrected chi connectivity index (χ2v) is 10.1. The smallest absolute Gasteiger partial charge is 0.318 e. The first-order chi connectivity index (χ1) is 17.8. The zero-order valence-corrected chi connectivity index (χ0v) is 22.5. The predicted octanol–water partition coefficient (Wildman–Crippen LogP) is 4.70. The Morgan fingerprint density at radius 3 is 2.54 bits per heavy atom. The standard InChI is InChI=1S/C28H35ClN4O4/c1-4-37-22-12-13-23(24(29)16-22)27(35)33-17-19(2)32(18-21-10-6-7-11-25(21)33)28(36)30-20(3)26(34)31-14-8-5-9-15-31/h6-7,10-13,16,19-20H,4-5,8-9,14-15,17-18H2,1-3H3,(H,30,36)/t19-,20+/m1/s1. The monoisotopic (exact) mass is 526 g/mol. The molecule has 2 aliphatic rings. The average molecular weight is 527 g/mol. The van der Waals surface area contributed by atoms with Gasteiger partial charge in [0.15, 0.2) is 0 Å². The first-order valence-corrected chi connectivity index (χ1v) is 13.4.